The zero-order valence-corrected chi connectivity index (χ0v) is 24.6. The summed E-state index contributed by atoms with van der Waals surface area (Å²) in [5.74, 6) is -2.00. The number of carbonyl (C=O) groups is 3. The first-order valence-electron chi connectivity index (χ1n) is 13.4. The Morgan fingerprint density at radius 1 is 0.950 bits per heavy atom. The van der Waals surface area contributed by atoms with Crippen molar-refractivity contribution in [2.45, 2.75) is 77.3 Å². The summed E-state index contributed by atoms with van der Waals surface area (Å²) in [5, 5.41) is 11.7. The molecule has 0 saturated carbocycles. The predicted molar refractivity (Wildman–Crippen MR) is 154 cm³/mol. The van der Waals surface area contributed by atoms with Crippen molar-refractivity contribution >= 4 is 27.6 Å². The minimum absolute atomic E-state index is 0.00921. The lowest BCUT2D eigenvalue weighted by Crippen LogP contribution is -2.56. The normalized spacial score (nSPS) is 13.7. The number of nitrogens with two attached hydrogens (primary N) is 1. The summed E-state index contributed by atoms with van der Waals surface area (Å²) in [7, 11) is -4.14. The topological polar surface area (TPSA) is 147 Å². The number of carbonyl (C=O) groups excluding carboxylic acids is 3. The van der Waals surface area contributed by atoms with E-state index < -0.39 is 39.6 Å². The van der Waals surface area contributed by atoms with Gasteiger partial charge >= 0.3 is 0 Å². The van der Waals surface area contributed by atoms with Gasteiger partial charge in [0.1, 0.15) is 16.8 Å². The van der Waals surface area contributed by atoms with Gasteiger partial charge in [0, 0.05) is 6.92 Å². The van der Waals surface area contributed by atoms with E-state index in [1.807, 2.05) is 27.7 Å². The molecule has 0 bridgehead atoms. The highest BCUT2D eigenvalue weighted by atomic mass is 32.2. The number of nitrogens with one attached hydrogen (secondary N) is 1. The molecular weight excluding hydrogens is 530 g/mol. The minimum Gasteiger partial charge on any atom is -0.508 e. The maximum atomic E-state index is 13.7. The quantitative estimate of drug-likeness (QED) is 0.330. The number of aromatic hydroxyl groups is 1. The molecule has 0 radical (unpaired) electrons. The molecule has 0 unspecified atom stereocenters. The van der Waals surface area contributed by atoms with Crippen molar-refractivity contribution in [3.8, 4) is 5.75 Å². The van der Waals surface area contributed by atoms with E-state index in [0.717, 1.165) is 10.5 Å². The van der Waals surface area contributed by atoms with E-state index in [4.69, 9.17) is 5.73 Å². The van der Waals surface area contributed by atoms with Crippen molar-refractivity contribution in [1.29, 1.82) is 0 Å². The maximum Gasteiger partial charge on any atom is 0.248 e. The molecule has 2 atom stereocenters. The van der Waals surface area contributed by atoms with Gasteiger partial charge in [-0.3, -0.25) is 19.3 Å². The molecule has 0 aliphatic rings. The van der Waals surface area contributed by atoms with Crippen molar-refractivity contribution in [3.63, 3.8) is 0 Å². The number of hydrogen-bond acceptors (Lipinski definition) is 7. The third kappa shape index (κ3) is 9.31. The summed E-state index contributed by atoms with van der Waals surface area (Å²) in [4.78, 5) is 40.5. The molecule has 218 valence electrons. The number of phenolic OH excluding ortho intramolecular Hbond substituents is 1. The van der Waals surface area contributed by atoms with Gasteiger partial charge in [0.15, 0.2) is 0 Å². The second-order valence-electron chi connectivity index (χ2n) is 10.7. The lowest BCUT2D eigenvalue weighted by atomic mass is 9.98. The van der Waals surface area contributed by atoms with Crippen LogP contribution < -0.4 is 11.1 Å². The van der Waals surface area contributed by atoms with Crippen LogP contribution in [0, 0.1) is 11.8 Å². The molecule has 3 amide bonds. The van der Waals surface area contributed by atoms with Crippen LogP contribution in [0.1, 0.15) is 59.4 Å². The zero-order chi connectivity index (χ0) is 30.0. The molecule has 2 aromatic carbocycles. The first-order valence-corrected chi connectivity index (χ1v) is 14.9. The Labute approximate surface area is 237 Å². The second kappa shape index (κ2) is 14.8. The van der Waals surface area contributed by atoms with Gasteiger partial charge in [-0.1, -0.05) is 58.0 Å². The number of rotatable bonds is 13. The van der Waals surface area contributed by atoms with Crippen LogP contribution in [-0.2, 0) is 30.6 Å². The Kier molecular flexibility index (Phi) is 12.1. The van der Waals surface area contributed by atoms with Gasteiger partial charge in [0.25, 0.3) is 0 Å². The van der Waals surface area contributed by atoms with Crippen LogP contribution in [0.15, 0.2) is 70.6 Å². The van der Waals surface area contributed by atoms with Gasteiger partial charge in [0.2, 0.25) is 27.6 Å². The van der Waals surface area contributed by atoms with Crippen molar-refractivity contribution in [2.75, 3.05) is 0 Å². The summed E-state index contributed by atoms with van der Waals surface area (Å²) >= 11 is 0. The largest absolute Gasteiger partial charge is 0.508 e. The SMILES string of the molecule is CC(=O)N(C(=O)[C@@H](N)CC(C)C)[C@@H](CC(C)C)C(=O)NC(=CCCc1ccc(O)cc1)S(=O)(=O)c1ccccc1. The number of sulfone groups is 1. The standard InChI is InChI=1S/C30H41N3O6S/c1-20(2)18-26(31)30(37)33(22(5)34)27(19-21(3)4)29(36)32-28(40(38,39)25-11-7-6-8-12-25)13-9-10-23-14-16-24(35)17-15-23/h6-8,11-17,20-21,26-27,35H,9-10,18-19,31H2,1-5H3,(H,32,36)/t26-,27-/m0/s1. The molecule has 2 aromatic rings. The van der Waals surface area contributed by atoms with Crippen molar-refractivity contribution in [2.24, 2.45) is 17.6 Å². The van der Waals surface area contributed by atoms with Crippen LogP contribution in [-0.4, -0.2) is 48.2 Å². The first-order chi connectivity index (χ1) is 18.7. The summed E-state index contributed by atoms with van der Waals surface area (Å²) in [6.45, 7) is 8.66. The van der Waals surface area contributed by atoms with Gasteiger partial charge in [-0.15, -0.1) is 0 Å². The molecule has 0 heterocycles. The lowest BCUT2D eigenvalue weighted by Gasteiger charge is -2.32. The van der Waals surface area contributed by atoms with Crippen LogP contribution in [0.25, 0.3) is 0 Å². The molecule has 10 heteroatoms. The van der Waals surface area contributed by atoms with Gasteiger partial charge in [-0.2, -0.15) is 0 Å². The van der Waals surface area contributed by atoms with Gasteiger partial charge in [-0.05, 0) is 73.4 Å². The molecule has 0 aromatic heterocycles. The highest BCUT2D eigenvalue weighted by Crippen LogP contribution is 2.21. The average molecular weight is 572 g/mol. The highest BCUT2D eigenvalue weighted by molar-refractivity contribution is 7.95. The van der Waals surface area contributed by atoms with Crippen LogP contribution >= 0.6 is 0 Å². The van der Waals surface area contributed by atoms with Gasteiger partial charge in [0.05, 0.1) is 10.9 Å². The fourth-order valence-electron chi connectivity index (χ4n) is 4.28. The Bertz CT molecular complexity index is 1290. The first kappa shape index (κ1) is 32.7. The third-order valence-corrected chi connectivity index (χ3v) is 7.96. The number of hydrogen-bond donors (Lipinski definition) is 3. The number of amides is 3. The number of phenols is 1. The number of nitrogens with zero attached hydrogens (tertiary/aromatic N) is 1. The second-order valence-corrected chi connectivity index (χ2v) is 12.6. The fraction of sp³-hybridized carbons (Fsp3) is 0.433. The summed E-state index contributed by atoms with van der Waals surface area (Å²) < 4.78 is 27.2. The van der Waals surface area contributed by atoms with E-state index in [2.05, 4.69) is 5.32 Å². The average Bonchev–Trinajstić information content (AvgIpc) is 2.88. The van der Waals surface area contributed by atoms with Crippen LogP contribution in [0.2, 0.25) is 0 Å². The number of aryl methyl sites for hydroxylation is 1. The predicted octanol–water partition coefficient (Wildman–Crippen LogP) is 3.92. The van der Waals surface area contributed by atoms with E-state index in [9.17, 15) is 27.9 Å². The van der Waals surface area contributed by atoms with Crippen molar-refractivity contribution < 1.29 is 27.9 Å². The smallest absolute Gasteiger partial charge is 0.248 e. The van der Waals surface area contributed by atoms with Gasteiger partial charge in [-0.25, -0.2) is 8.42 Å². The zero-order valence-electron chi connectivity index (χ0n) is 23.8. The molecule has 0 fully saturated rings. The number of allylic oxidation sites excluding steroid dienone is 1. The van der Waals surface area contributed by atoms with E-state index >= 15 is 0 Å². The molecule has 0 aliphatic heterocycles. The van der Waals surface area contributed by atoms with Crippen molar-refractivity contribution in [3.05, 3.63) is 71.3 Å². The Morgan fingerprint density at radius 3 is 2.05 bits per heavy atom. The highest BCUT2D eigenvalue weighted by Gasteiger charge is 2.37. The van der Waals surface area contributed by atoms with E-state index in [-0.39, 0.29) is 40.4 Å². The van der Waals surface area contributed by atoms with Gasteiger partial charge < -0.3 is 16.2 Å². The third-order valence-electron chi connectivity index (χ3n) is 6.22. The molecular formula is C30H41N3O6S. The molecule has 0 spiro atoms. The molecule has 0 aliphatic carbocycles. The maximum absolute atomic E-state index is 13.7. The Hall–Kier alpha value is -3.50. The Balaban J connectivity index is 2.46. The summed E-state index contributed by atoms with van der Waals surface area (Å²) in [6.07, 6.45) is 2.57. The summed E-state index contributed by atoms with van der Waals surface area (Å²) in [5.41, 5.74) is 6.97. The van der Waals surface area contributed by atoms with Crippen LogP contribution in [0.3, 0.4) is 0 Å². The minimum atomic E-state index is -4.14. The van der Waals surface area contributed by atoms with Crippen LogP contribution in [0.4, 0.5) is 0 Å². The van der Waals surface area contributed by atoms with E-state index in [0.29, 0.717) is 12.8 Å². The molecule has 40 heavy (non-hydrogen) atoms. The Morgan fingerprint density at radius 2 is 1.52 bits per heavy atom. The summed E-state index contributed by atoms with van der Waals surface area (Å²) in [6, 6.07) is 12.0. The molecule has 0 saturated heterocycles. The van der Waals surface area contributed by atoms with Crippen LogP contribution in [0.5, 0.6) is 5.75 Å². The fourth-order valence-corrected chi connectivity index (χ4v) is 5.63. The molecule has 4 N–H and O–H groups in total. The molecule has 9 nitrogen and oxygen atoms in total. The number of imide groups is 1. The lowest BCUT2D eigenvalue weighted by molar-refractivity contribution is -0.152. The van der Waals surface area contributed by atoms with Crippen molar-refractivity contribution in [1.82, 2.24) is 10.2 Å². The molecule has 2 rings (SSSR count). The van der Waals surface area contributed by atoms with E-state index in [1.165, 1.54) is 37.3 Å². The van der Waals surface area contributed by atoms with E-state index in [1.54, 1.807) is 30.3 Å². The number of benzene rings is 2. The monoisotopic (exact) mass is 571 g/mol.